The van der Waals surface area contributed by atoms with Gasteiger partial charge in [0.25, 0.3) is 0 Å². The predicted molar refractivity (Wildman–Crippen MR) is 54.9 cm³/mol. The summed E-state index contributed by atoms with van der Waals surface area (Å²) in [5.74, 6) is -0.919. The van der Waals surface area contributed by atoms with E-state index in [1.807, 2.05) is 13.8 Å². The van der Waals surface area contributed by atoms with Crippen LogP contribution in [0.3, 0.4) is 0 Å². The molecule has 1 rings (SSSR count). The van der Waals surface area contributed by atoms with E-state index in [1.165, 1.54) is 0 Å². The van der Waals surface area contributed by atoms with Gasteiger partial charge in [-0.25, -0.2) is 9.59 Å². The van der Waals surface area contributed by atoms with Gasteiger partial charge in [0.15, 0.2) is 0 Å². The smallest absolute Gasteiger partial charge is 0.410 e. The van der Waals surface area contributed by atoms with Gasteiger partial charge < -0.3 is 14.9 Å². The maximum atomic E-state index is 11.5. The zero-order chi connectivity index (χ0) is 12.3. The molecule has 0 aromatic carbocycles. The maximum Gasteiger partial charge on any atom is 0.410 e. The van der Waals surface area contributed by atoms with Crippen LogP contribution < -0.4 is 0 Å². The molecule has 1 aliphatic heterocycles. The second-order valence-electron chi connectivity index (χ2n) is 4.37. The van der Waals surface area contributed by atoms with E-state index < -0.39 is 24.2 Å². The molecule has 92 valence electrons. The summed E-state index contributed by atoms with van der Waals surface area (Å²) >= 11 is 0. The van der Waals surface area contributed by atoms with Gasteiger partial charge >= 0.3 is 12.1 Å². The number of nitrogens with zero attached hydrogens (tertiary/aromatic N) is 1. The standard InChI is InChI=1S/C10H17NO5/c1-6(2)5-16-10(15)11-4-7(12)3-8(11)9(13)14/h6-8,12H,3-5H2,1-2H3,(H,13,14)/t7-,8-/m1/s1. The second-order valence-corrected chi connectivity index (χ2v) is 4.37. The van der Waals surface area contributed by atoms with E-state index >= 15 is 0 Å². The number of carbonyl (C=O) groups excluding carboxylic acids is 1. The van der Waals surface area contributed by atoms with Crippen molar-refractivity contribution in [1.29, 1.82) is 0 Å². The third-order valence-corrected chi connectivity index (χ3v) is 2.34. The van der Waals surface area contributed by atoms with Crippen LogP contribution in [0.2, 0.25) is 0 Å². The first-order valence-electron chi connectivity index (χ1n) is 5.26. The molecule has 16 heavy (non-hydrogen) atoms. The van der Waals surface area contributed by atoms with Crippen LogP contribution in [0.1, 0.15) is 20.3 Å². The lowest BCUT2D eigenvalue weighted by Gasteiger charge is -2.21. The van der Waals surface area contributed by atoms with Gasteiger partial charge in [0, 0.05) is 6.42 Å². The summed E-state index contributed by atoms with van der Waals surface area (Å²) in [6, 6.07) is -0.977. The summed E-state index contributed by atoms with van der Waals surface area (Å²) in [6.07, 6.45) is -1.39. The van der Waals surface area contributed by atoms with Gasteiger partial charge in [0.05, 0.1) is 19.3 Å². The molecule has 0 aromatic rings. The lowest BCUT2D eigenvalue weighted by molar-refractivity contribution is -0.141. The summed E-state index contributed by atoms with van der Waals surface area (Å²) < 4.78 is 4.93. The fraction of sp³-hybridized carbons (Fsp3) is 0.800. The van der Waals surface area contributed by atoms with Crippen LogP contribution in [0.15, 0.2) is 0 Å². The Labute approximate surface area is 93.8 Å². The molecular formula is C10H17NO5. The molecule has 1 saturated heterocycles. The zero-order valence-electron chi connectivity index (χ0n) is 9.42. The van der Waals surface area contributed by atoms with Crippen molar-refractivity contribution in [3.8, 4) is 0 Å². The third-order valence-electron chi connectivity index (χ3n) is 2.34. The average Bonchev–Trinajstić information content (AvgIpc) is 2.56. The number of amides is 1. The van der Waals surface area contributed by atoms with Gasteiger partial charge in [0.1, 0.15) is 6.04 Å². The van der Waals surface area contributed by atoms with Crippen molar-refractivity contribution >= 4 is 12.1 Å². The topological polar surface area (TPSA) is 87.1 Å². The minimum atomic E-state index is -1.11. The fourth-order valence-electron chi connectivity index (χ4n) is 1.57. The Morgan fingerprint density at radius 3 is 2.62 bits per heavy atom. The molecule has 0 bridgehead atoms. The lowest BCUT2D eigenvalue weighted by atomic mass is 10.2. The molecule has 2 N–H and O–H groups in total. The molecule has 1 fully saturated rings. The minimum Gasteiger partial charge on any atom is -0.480 e. The minimum absolute atomic E-state index is 0.0217. The predicted octanol–water partition coefficient (Wildman–Crippen LogP) is 0.299. The van der Waals surface area contributed by atoms with Gasteiger partial charge in [-0.3, -0.25) is 4.90 Å². The summed E-state index contributed by atoms with van der Waals surface area (Å²) in [5, 5.41) is 18.2. The first-order chi connectivity index (χ1) is 7.41. The Hall–Kier alpha value is -1.30. The average molecular weight is 231 g/mol. The number of hydrogen-bond donors (Lipinski definition) is 2. The van der Waals surface area contributed by atoms with Gasteiger partial charge in [-0.1, -0.05) is 13.8 Å². The molecule has 2 atom stereocenters. The van der Waals surface area contributed by atoms with E-state index in [0.717, 1.165) is 4.90 Å². The molecule has 0 spiro atoms. The van der Waals surface area contributed by atoms with E-state index in [2.05, 4.69) is 0 Å². The first kappa shape index (κ1) is 12.8. The summed E-state index contributed by atoms with van der Waals surface area (Å²) in [7, 11) is 0. The highest BCUT2D eigenvalue weighted by Crippen LogP contribution is 2.19. The Bertz CT molecular complexity index is 278. The van der Waals surface area contributed by atoms with Crippen LogP contribution in [-0.2, 0) is 9.53 Å². The Morgan fingerprint density at radius 1 is 1.50 bits per heavy atom. The number of rotatable bonds is 3. The molecule has 0 aromatic heterocycles. The molecule has 0 aliphatic carbocycles. The van der Waals surface area contributed by atoms with Crippen molar-refractivity contribution in [2.24, 2.45) is 5.92 Å². The number of carboxylic acids is 1. The lowest BCUT2D eigenvalue weighted by Crippen LogP contribution is -2.41. The quantitative estimate of drug-likeness (QED) is 0.729. The van der Waals surface area contributed by atoms with Crippen molar-refractivity contribution in [2.45, 2.75) is 32.4 Å². The molecule has 1 aliphatic rings. The fourth-order valence-corrected chi connectivity index (χ4v) is 1.57. The second kappa shape index (κ2) is 5.16. The van der Waals surface area contributed by atoms with Crippen molar-refractivity contribution in [3.63, 3.8) is 0 Å². The number of β-amino-alcohol motifs (C(OH)–C–C–N with tert-alkyl or cyclic N) is 1. The van der Waals surface area contributed by atoms with Gasteiger partial charge in [-0.15, -0.1) is 0 Å². The highest BCUT2D eigenvalue weighted by Gasteiger charge is 2.39. The van der Waals surface area contributed by atoms with E-state index in [1.54, 1.807) is 0 Å². The number of aliphatic carboxylic acids is 1. The van der Waals surface area contributed by atoms with Crippen molar-refractivity contribution in [3.05, 3.63) is 0 Å². The molecular weight excluding hydrogens is 214 g/mol. The molecule has 6 nitrogen and oxygen atoms in total. The van der Waals surface area contributed by atoms with E-state index in [-0.39, 0.29) is 25.5 Å². The number of hydrogen-bond acceptors (Lipinski definition) is 4. The van der Waals surface area contributed by atoms with Crippen LogP contribution in [0, 0.1) is 5.92 Å². The molecule has 0 unspecified atom stereocenters. The monoisotopic (exact) mass is 231 g/mol. The van der Waals surface area contributed by atoms with Crippen LogP contribution in [0.5, 0.6) is 0 Å². The number of likely N-dealkylation sites (tertiary alicyclic amines) is 1. The van der Waals surface area contributed by atoms with Gasteiger partial charge in [0.2, 0.25) is 0 Å². The van der Waals surface area contributed by atoms with Crippen molar-refractivity contribution in [2.75, 3.05) is 13.2 Å². The Balaban J connectivity index is 2.56. The van der Waals surface area contributed by atoms with E-state index in [9.17, 15) is 14.7 Å². The first-order valence-corrected chi connectivity index (χ1v) is 5.26. The number of ether oxygens (including phenoxy) is 1. The van der Waals surface area contributed by atoms with E-state index in [0.29, 0.717) is 0 Å². The molecule has 0 saturated carbocycles. The number of carbonyl (C=O) groups is 2. The molecule has 6 heteroatoms. The normalized spacial score (nSPS) is 24.9. The highest BCUT2D eigenvalue weighted by molar-refractivity contribution is 5.80. The van der Waals surface area contributed by atoms with Crippen LogP contribution in [-0.4, -0.2) is 52.5 Å². The Morgan fingerprint density at radius 2 is 2.12 bits per heavy atom. The molecule has 1 amide bonds. The largest absolute Gasteiger partial charge is 0.480 e. The highest BCUT2D eigenvalue weighted by atomic mass is 16.6. The molecule has 0 radical (unpaired) electrons. The van der Waals surface area contributed by atoms with E-state index in [4.69, 9.17) is 9.84 Å². The number of aliphatic hydroxyl groups excluding tert-OH is 1. The SMILES string of the molecule is CC(C)COC(=O)N1C[C@H](O)C[C@@H]1C(=O)O. The third kappa shape index (κ3) is 3.10. The maximum absolute atomic E-state index is 11.5. The summed E-state index contributed by atoms with van der Waals surface area (Å²) in [4.78, 5) is 23.4. The van der Waals surface area contributed by atoms with Crippen molar-refractivity contribution in [1.82, 2.24) is 4.90 Å². The van der Waals surface area contributed by atoms with Crippen LogP contribution >= 0.6 is 0 Å². The van der Waals surface area contributed by atoms with Crippen LogP contribution in [0.4, 0.5) is 4.79 Å². The summed E-state index contributed by atoms with van der Waals surface area (Å²) in [6.45, 7) is 4.05. The Kier molecular flexibility index (Phi) is 4.12. The van der Waals surface area contributed by atoms with Gasteiger partial charge in [-0.2, -0.15) is 0 Å². The number of carboxylic acid groups (broad SMARTS) is 1. The molecule has 1 heterocycles. The summed E-state index contributed by atoms with van der Waals surface area (Å²) in [5.41, 5.74) is 0. The van der Waals surface area contributed by atoms with Crippen molar-refractivity contribution < 1.29 is 24.5 Å². The van der Waals surface area contributed by atoms with Gasteiger partial charge in [-0.05, 0) is 5.92 Å². The van der Waals surface area contributed by atoms with Crippen LogP contribution in [0.25, 0.3) is 0 Å². The number of aliphatic hydroxyl groups is 1. The zero-order valence-corrected chi connectivity index (χ0v) is 9.42.